The molecule has 0 spiro atoms. The first kappa shape index (κ1) is 12.4. The van der Waals surface area contributed by atoms with Crippen molar-refractivity contribution in [2.24, 2.45) is 0 Å². The van der Waals surface area contributed by atoms with Gasteiger partial charge in [0.15, 0.2) is 0 Å². The molecule has 0 bridgehead atoms. The Bertz CT molecular complexity index is 426. The lowest BCUT2D eigenvalue weighted by Crippen LogP contribution is -2.45. The average Bonchev–Trinajstić information content (AvgIpc) is 2.33. The second-order valence-electron chi connectivity index (χ2n) is 4.29. The number of nitrogens with zero attached hydrogens (tertiary/aromatic N) is 4. The van der Waals surface area contributed by atoms with Crippen molar-refractivity contribution in [3.63, 3.8) is 0 Å². The van der Waals surface area contributed by atoms with Crippen LogP contribution in [0.4, 0.5) is 5.69 Å². The number of piperazine rings is 1. The van der Waals surface area contributed by atoms with Gasteiger partial charge in [0.25, 0.3) is 5.56 Å². The van der Waals surface area contributed by atoms with E-state index in [4.69, 9.17) is 0 Å². The van der Waals surface area contributed by atoms with Gasteiger partial charge in [-0.15, -0.1) is 0 Å². The van der Waals surface area contributed by atoms with E-state index in [-0.39, 0.29) is 5.56 Å². The van der Waals surface area contributed by atoms with Crippen LogP contribution in [0.25, 0.3) is 0 Å². The van der Waals surface area contributed by atoms with E-state index in [1.54, 1.807) is 12.3 Å². The molecule has 2 heterocycles. The number of hydrogen-bond acceptors (Lipinski definition) is 5. The molecule has 1 fully saturated rings. The van der Waals surface area contributed by atoms with E-state index in [0.717, 1.165) is 31.9 Å². The first-order valence-electron chi connectivity index (χ1n) is 5.82. The summed E-state index contributed by atoms with van der Waals surface area (Å²) in [5.41, 5.74) is 0.883. The van der Waals surface area contributed by atoms with Crippen molar-refractivity contribution in [2.45, 2.75) is 6.54 Å². The minimum Gasteiger partial charge on any atom is -0.368 e. The molecule has 1 aromatic heterocycles. The fourth-order valence-corrected chi connectivity index (χ4v) is 2.11. The van der Waals surface area contributed by atoms with Crippen molar-refractivity contribution in [1.82, 2.24) is 14.7 Å². The molecule has 5 nitrogen and oxygen atoms in total. The number of thiol groups is 1. The summed E-state index contributed by atoms with van der Waals surface area (Å²) < 4.78 is 1.45. The first-order valence-corrected chi connectivity index (χ1v) is 6.45. The Hall–Kier alpha value is -1.01. The topological polar surface area (TPSA) is 41.4 Å². The Morgan fingerprint density at radius 2 is 2.06 bits per heavy atom. The maximum absolute atomic E-state index is 11.8. The molecule has 0 amide bonds. The van der Waals surface area contributed by atoms with E-state index in [2.05, 4.69) is 34.6 Å². The van der Waals surface area contributed by atoms with Crippen LogP contribution in [-0.2, 0) is 6.54 Å². The van der Waals surface area contributed by atoms with Crippen LogP contribution in [0.1, 0.15) is 0 Å². The quantitative estimate of drug-likeness (QED) is 0.767. The Morgan fingerprint density at radius 1 is 1.35 bits per heavy atom. The summed E-state index contributed by atoms with van der Waals surface area (Å²) in [6.07, 6.45) is 1.77. The highest BCUT2D eigenvalue weighted by molar-refractivity contribution is 7.80. The molecule has 0 saturated carbocycles. The second kappa shape index (κ2) is 5.55. The third-order valence-electron chi connectivity index (χ3n) is 3.04. The van der Waals surface area contributed by atoms with E-state index in [9.17, 15) is 4.79 Å². The largest absolute Gasteiger partial charge is 0.368 e. The molecule has 6 heteroatoms. The van der Waals surface area contributed by atoms with Crippen molar-refractivity contribution < 1.29 is 0 Å². The molecule has 2 rings (SSSR count). The zero-order chi connectivity index (χ0) is 12.3. The minimum atomic E-state index is -0.0459. The highest BCUT2D eigenvalue weighted by Gasteiger charge is 2.15. The third kappa shape index (κ3) is 3.01. The molecule has 0 radical (unpaired) electrons. The zero-order valence-corrected chi connectivity index (χ0v) is 10.9. The molecule has 0 aliphatic carbocycles. The lowest BCUT2D eigenvalue weighted by molar-refractivity contribution is 0.312. The van der Waals surface area contributed by atoms with Gasteiger partial charge in [-0.05, 0) is 7.05 Å². The fraction of sp³-hybridized carbons (Fsp3) is 0.636. The van der Waals surface area contributed by atoms with Crippen LogP contribution in [0.15, 0.2) is 17.1 Å². The van der Waals surface area contributed by atoms with Crippen LogP contribution in [0.2, 0.25) is 0 Å². The standard InChI is InChI=1S/C11H18N4OS/c1-13-2-4-14(5-3-13)10-8-11(16)15(6-7-17)12-9-10/h8-9,17H,2-7H2,1H3. The van der Waals surface area contributed by atoms with Crippen LogP contribution in [0.3, 0.4) is 0 Å². The van der Waals surface area contributed by atoms with Gasteiger partial charge in [-0.1, -0.05) is 0 Å². The Morgan fingerprint density at radius 3 is 2.65 bits per heavy atom. The van der Waals surface area contributed by atoms with Crippen LogP contribution >= 0.6 is 12.6 Å². The summed E-state index contributed by atoms with van der Waals surface area (Å²) in [4.78, 5) is 16.3. The molecular formula is C11H18N4OS. The molecule has 0 unspecified atom stereocenters. The number of aryl methyl sites for hydroxylation is 1. The Kier molecular flexibility index (Phi) is 4.06. The fourth-order valence-electron chi connectivity index (χ4n) is 1.92. The lowest BCUT2D eigenvalue weighted by Gasteiger charge is -2.33. The van der Waals surface area contributed by atoms with Gasteiger partial charge in [-0.2, -0.15) is 17.7 Å². The van der Waals surface area contributed by atoms with Gasteiger partial charge in [0.1, 0.15) is 0 Å². The number of likely N-dealkylation sites (N-methyl/N-ethyl adjacent to an activating group) is 1. The SMILES string of the molecule is CN1CCN(c2cnn(CCS)c(=O)c2)CC1. The Balaban J connectivity index is 2.12. The van der Waals surface area contributed by atoms with Gasteiger partial charge < -0.3 is 9.80 Å². The molecule has 94 valence electrons. The van der Waals surface area contributed by atoms with E-state index < -0.39 is 0 Å². The molecular weight excluding hydrogens is 236 g/mol. The van der Waals surface area contributed by atoms with Crippen LogP contribution in [0, 0.1) is 0 Å². The van der Waals surface area contributed by atoms with Gasteiger partial charge >= 0.3 is 0 Å². The number of rotatable bonds is 3. The molecule has 1 aliphatic heterocycles. The molecule has 0 N–H and O–H groups in total. The third-order valence-corrected chi connectivity index (χ3v) is 3.24. The van der Waals surface area contributed by atoms with Crippen LogP contribution < -0.4 is 10.5 Å². The number of anilines is 1. The predicted octanol–water partition coefficient (Wildman–Crippen LogP) is -0.0751. The van der Waals surface area contributed by atoms with E-state index in [1.165, 1.54) is 4.68 Å². The van der Waals surface area contributed by atoms with Gasteiger partial charge in [0.2, 0.25) is 0 Å². The van der Waals surface area contributed by atoms with Crippen molar-refractivity contribution in [2.75, 3.05) is 43.9 Å². The molecule has 1 aromatic rings. The molecule has 0 atom stereocenters. The van der Waals surface area contributed by atoms with Gasteiger partial charge in [0.05, 0.1) is 18.4 Å². The monoisotopic (exact) mass is 254 g/mol. The summed E-state index contributed by atoms with van der Waals surface area (Å²) >= 11 is 4.10. The highest BCUT2D eigenvalue weighted by atomic mass is 32.1. The van der Waals surface area contributed by atoms with Crippen molar-refractivity contribution in [3.05, 3.63) is 22.6 Å². The van der Waals surface area contributed by atoms with E-state index in [1.807, 2.05) is 0 Å². The highest BCUT2D eigenvalue weighted by Crippen LogP contribution is 2.11. The average molecular weight is 254 g/mol. The predicted molar refractivity (Wildman–Crippen MR) is 72.1 cm³/mol. The van der Waals surface area contributed by atoms with Crippen molar-refractivity contribution in [1.29, 1.82) is 0 Å². The van der Waals surface area contributed by atoms with E-state index in [0.29, 0.717) is 12.3 Å². The number of aromatic nitrogens is 2. The van der Waals surface area contributed by atoms with Crippen molar-refractivity contribution in [3.8, 4) is 0 Å². The summed E-state index contributed by atoms with van der Waals surface area (Å²) in [6.45, 7) is 4.52. The maximum atomic E-state index is 11.8. The van der Waals surface area contributed by atoms with Crippen molar-refractivity contribution >= 4 is 18.3 Å². The molecule has 0 aromatic carbocycles. The molecule has 17 heavy (non-hydrogen) atoms. The summed E-state index contributed by atoms with van der Waals surface area (Å²) in [5.74, 6) is 0.626. The first-order chi connectivity index (χ1) is 8.20. The maximum Gasteiger partial charge on any atom is 0.268 e. The van der Waals surface area contributed by atoms with Crippen LogP contribution in [0.5, 0.6) is 0 Å². The van der Waals surface area contributed by atoms with E-state index >= 15 is 0 Å². The van der Waals surface area contributed by atoms with Gasteiger partial charge in [-0.25, -0.2) is 4.68 Å². The summed E-state index contributed by atoms with van der Waals surface area (Å²) in [5, 5.41) is 4.16. The smallest absolute Gasteiger partial charge is 0.268 e. The van der Waals surface area contributed by atoms with Gasteiger partial charge in [0, 0.05) is 38.0 Å². The zero-order valence-electron chi connectivity index (χ0n) is 10.0. The van der Waals surface area contributed by atoms with Crippen LogP contribution in [-0.4, -0.2) is 53.7 Å². The minimum absolute atomic E-state index is 0.0459. The molecule has 1 aliphatic rings. The lowest BCUT2D eigenvalue weighted by atomic mass is 10.3. The summed E-state index contributed by atoms with van der Waals surface area (Å²) in [7, 11) is 2.11. The number of hydrogen-bond donors (Lipinski definition) is 1. The molecule has 1 saturated heterocycles. The summed E-state index contributed by atoms with van der Waals surface area (Å²) in [6, 6.07) is 1.67. The second-order valence-corrected chi connectivity index (χ2v) is 4.74. The normalized spacial score (nSPS) is 17.4. The van der Waals surface area contributed by atoms with Gasteiger partial charge in [-0.3, -0.25) is 4.79 Å². The Labute approximate surface area is 106 Å².